The van der Waals surface area contributed by atoms with E-state index in [9.17, 15) is 9.18 Å². The molecule has 1 amide bonds. The molecule has 0 bridgehead atoms. The Morgan fingerprint density at radius 3 is 2.53 bits per heavy atom. The highest BCUT2D eigenvalue weighted by Gasteiger charge is 2.30. The molecule has 1 aliphatic carbocycles. The molecular weight excluding hydrogens is 309 g/mol. The van der Waals surface area contributed by atoms with E-state index in [1.165, 1.54) is 25.0 Å². The summed E-state index contributed by atoms with van der Waals surface area (Å²) in [6.45, 7) is 4.07. The zero-order valence-corrected chi connectivity index (χ0v) is 12.9. The second-order valence-electron chi connectivity index (χ2n) is 5.37. The first-order valence-electron chi connectivity index (χ1n) is 6.78. The van der Waals surface area contributed by atoms with Gasteiger partial charge >= 0.3 is 0 Å². The minimum absolute atomic E-state index is 0.00576. The molecule has 0 unspecified atom stereocenters. The van der Waals surface area contributed by atoms with Crippen molar-refractivity contribution in [1.29, 1.82) is 0 Å². The number of hydrogen-bond acceptors (Lipinski definition) is 1. The van der Waals surface area contributed by atoms with Gasteiger partial charge in [0, 0.05) is 16.6 Å². The highest BCUT2D eigenvalue weighted by atomic mass is 79.9. The van der Waals surface area contributed by atoms with Gasteiger partial charge in [-0.3, -0.25) is 4.79 Å². The van der Waals surface area contributed by atoms with E-state index >= 15 is 0 Å². The topological polar surface area (TPSA) is 20.3 Å². The van der Waals surface area contributed by atoms with Gasteiger partial charge in [0.2, 0.25) is 0 Å². The average molecular weight is 328 g/mol. The highest BCUT2D eigenvalue weighted by molar-refractivity contribution is 9.10. The Morgan fingerprint density at radius 1 is 1.37 bits per heavy atom. The van der Waals surface area contributed by atoms with Crippen LogP contribution in [0.2, 0.25) is 0 Å². The first-order valence-corrected chi connectivity index (χ1v) is 7.57. The third-order valence-electron chi connectivity index (χ3n) is 3.67. The number of nitrogens with zero attached hydrogens (tertiary/aromatic N) is 1. The molecule has 1 aliphatic rings. The molecule has 0 atom stereocenters. The van der Waals surface area contributed by atoms with Crippen LogP contribution in [-0.4, -0.2) is 22.9 Å². The predicted octanol–water partition coefficient (Wildman–Crippen LogP) is 4.38. The van der Waals surface area contributed by atoms with Gasteiger partial charge in [0.15, 0.2) is 0 Å². The van der Waals surface area contributed by atoms with Crippen LogP contribution in [-0.2, 0) is 0 Å². The molecule has 104 valence electrons. The minimum atomic E-state index is -0.333. The van der Waals surface area contributed by atoms with E-state index in [2.05, 4.69) is 15.9 Å². The number of benzene rings is 1. The van der Waals surface area contributed by atoms with E-state index in [-0.39, 0.29) is 17.8 Å². The fraction of sp³-hybridized carbons (Fsp3) is 0.533. The molecule has 1 saturated carbocycles. The minimum Gasteiger partial charge on any atom is -0.333 e. The summed E-state index contributed by atoms with van der Waals surface area (Å²) in [6.07, 6.45) is 4.52. The standard InChI is InChI=1S/C15H19BrFNO/c1-10(2)18(12-5-3-4-6-12)15(19)13-8-7-11(17)9-14(13)16/h7-10,12H,3-6H2,1-2H3. The Labute approximate surface area is 122 Å². The number of carbonyl (C=O) groups excluding carboxylic acids is 1. The largest absolute Gasteiger partial charge is 0.333 e. The molecular formula is C15H19BrFNO. The van der Waals surface area contributed by atoms with E-state index < -0.39 is 0 Å². The van der Waals surface area contributed by atoms with Gasteiger partial charge in [-0.2, -0.15) is 0 Å². The number of rotatable bonds is 3. The summed E-state index contributed by atoms with van der Waals surface area (Å²) in [4.78, 5) is 14.6. The van der Waals surface area contributed by atoms with Crippen LogP contribution in [0.4, 0.5) is 4.39 Å². The summed E-state index contributed by atoms with van der Waals surface area (Å²) in [5.41, 5.74) is 0.544. The Kier molecular flexibility index (Phi) is 4.61. The second kappa shape index (κ2) is 6.04. The molecule has 0 heterocycles. The molecule has 1 aromatic rings. The molecule has 0 N–H and O–H groups in total. The van der Waals surface area contributed by atoms with Crippen LogP contribution in [0.1, 0.15) is 49.9 Å². The van der Waals surface area contributed by atoms with Crippen LogP contribution in [0.15, 0.2) is 22.7 Å². The molecule has 0 radical (unpaired) electrons. The number of halogens is 2. The van der Waals surface area contributed by atoms with Gasteiger partial charge in [-0.1, -0.05) is 12.8 Å². The number of amides is 1. The Balaban J connectivity index is 2.28. The van der Waals surface area contributed by atoms with Crippen molar-refractivity contribution < 1.29 is 9.18 Å². The van der Waals surface area contributed by atoms with Crippen molar-refractivity contribution in [2.24, 2.45) is 0 Å². The molecule has 0 saturated heterocycles. The SMILES string of the molecule is CC(C)N(C(=O)c1ccc(F)cc1Br)C1CCCC1. The van der Waals surface area contributed by atoms with Crippen molar-refractivity contribution in [2.45, 2.75) is 51.6 Å². The monoisotopic (exact) mass is 327 g/mol. The molecule has 2 rings (SSSR count). The van der Waals surface area contributed by atoms with E-state index in [4.69, 9.17) is 0 Å². The lowest BCUT2D eigenvalue weighted by Crippen LogP contribution is -2.43. The van der Waals surface area contributed by atoms with Gasteiger partial charge in [0.1, 0.15) is 5.82 Å². The van der Waals surface area contributed by atoms with Crippen LogP contribution in [0.3, 0.4) is 0 Å². The molecule has 0 spiro atoms. The zero-order chi connectivity index (χ0) is 14.0. The summed E-state index contributed by atoms with van der Waals surface area (Å²) >= 11 is 3.29. The van der Waals surface area contributed by atoms with Crippen molar-refractivity contribution in [2.75, 3.05) is 0 Å². The summed E-state index contributed by atoms with van der Waals surface area (Å²) in [5.74, 6) is -0.339. The Bertz CT molecular complexity index is 469. The van der Waals surface area contributed by atoms with Crippen LogP contribution < -0.4 is 0 Å². The second-order valence-corrected chi connectivity index (χ2v) is 6.22. The number of carbonyl (C=O) groups is 1. The fourth-order valence-corrected chi connectivity index (χ4v) is 3.33. The maximum absolute atomic E-state index is 13.1. The van der Waals surface area contributed by atoms with Crippen molar-refractivity contribution >= 4 is 21.8 Å². The molecule has 1 aromatic carbocycles. The third-order valence-corrected chi connectivity index (χ3v) is 4.33. The summed E-state index contributed by atoms with van der Waals surface area (Å²) < 4.78 is 13.6. The van der Waals surface area contributed by atoms with Gasteiger partial charge in [0.25, 0.3) is 5.91 Å². The average Bonchev–Trinajstić information content (AvgIpc) is 2.81. The van der Waals surface area contributed by atoms with E-state index in [1.54, 1.807) is 6.07 Å². The molecule has 4 heteroatoms. The summed E-state index contributed by atoms with van der Waals surface area (Å²) in [7, 11) is 0. The summed E-state index contributed by atoms with van der Waals surface area (Å²) in [5, 5.41) is 0. The van der Waals surface area contributed by atoms with Crippen LogP contribution in [0, 0.1) is 5.82 Å². The maximum atomic E-state index is 13.1. The molecule has 2 nitrogen and oxygen atoms in total. The lowest BCUT2D eigenvalue weighted by Gasteiger charge is -2.33. The van der Waals surface area contributed by atoms with Crippen molar-refractivity contribution in [3.63, 3.8) is 0 Å². The quantitative estimate of drug-likeness (QED) is 0.806. The van der Waals surface area contributed by atoms with Gasteiger partial charge in [-0.25, -0.2) is 4.39 Å². The Hall–Kier alpha value is -0.900. The normalized spacial score (nSPS) is 16.1. The van der Waals surface area contributed by atoms with Gasteiger partial charge in [0.05, 0.1) is 5.56 Å². The van der Waals surface area contributed by atoms with Crippen LogP contribution in [0.5, 0.6) is 0 Å². The lowest BCUT2D eigenvalue weighted by molar-refractivity contribution is 0.0612. The number of hydrogen-bond donors (Lipinski definition) is 0. The van der Waals surface area contributed by atoms with E-state index in [1.807, 2.05) is 18.7 Å². The fourth-order valence-electron chi connectivity index (χ4n) is 2.81. The molecule has 0 aromatic heterocycles. The van der Waals surface area contributed by atoms with Crippen molar-refractivity contribution in [1.82, 2.24) is 4.90 Å². The van der Waals surface area contributed by atoms with Gasteiger partial charge in [-0.15, -0.1) is 0 Å². The van der Waals surface area contributed by atoms with Crippen molar-refractivity contribution in [3.8, 4) is 0 Å². The maximum Gasteiger partial charge on any atom is 0.255 e. The molecule has 19 heavy (non-hydrogen) atoms. The highest BCUT2D eigenvalue weighted by Crippen LogP contribution is 2.28. The van der Waals surface area contributed by atoms with E-state index in [0.29, 0.717) is 16.1 Å². The predicted molar refractivity (Wildman–Crippen MR) is 77.7 cm³/mol. The van der Waals surface area contributed by atoms with Gasteiger partial charge < -0.3 is 4.90 Å². The first kappa shape index (κ1) is 14.5. The smallest absolute Gasteiger partial charge is 0.255 e. The Morgan fingerprint density at radius 2 is 2.00 bits per heavy atom. The van der Waals surface area contributed by atoms with Crippen molar-refractivity contribution in [3.05, 3.63) is 34.1 Å². The van der Waals surface area contributed by atoms with Crippen LogP contribution >= 0.6 is 15.9 Å². The first-order chi connectivity index (χ1) is 9.00. The molecule has 1 fully saturated rings. The third kappa shape index (κ3) is 3.16. The van der Waals surface area contributed by atoms with Gasteiger partial charge in [-0.05, 0) is 60.8 Å². The zero-order valence-electron chi connectivity index (χ0n) is 11.3. The van der Waals surface area contributed by atoms with E-state index in [0.717, 1.165) is 12.8 Å². The summed E-state index contributed by atoms with van der Waals surface area (Å²) in [6, 6.07) is 4.73. The molecule has 0 aliphatic heterocycles. The lowest BCUT2D eigenvalue weighted by atomic mass is 10.1. The van der Waals surface area contributed by atoms with Crippen LogP contribution in [0.25, 0.3) is 0 Å².